The number of nitro groups is 2. The van der Waals surface area contributed by atoms with Crippen molar-refractivity contribution in [2.24, 2.45) is 0 Å². The number of nitrogens with one attached hydrogen (secondary N) is 1. The van der Waals surface area contributed by atoms with Crippen LogP contribution in [0.25, 0.3) is 0 Å². The van der Waals surface area contributed by atoms with Gasteiger partial charge in [-0.15, -0.1) is 0 Å². The van der Waals surface area contributed by atoms with Crippen LogP contribution in [-0.2, 0) is 10.1 Å². The second-order valence-corrected chi connectivity index (χ2v) is 5.00. The standard InChI is InChI=1S/C8H9N3O7S.Na.H/c12-10(13)6-1-2-7(8(5-6)11(14)15)9-3-4-19(16,17)18;;/h1-2,5,9H,3-4H2,(H,16,17,18);;. The Morgan fingerprint density at radius 3 is 2.25 bits per heavy atom. The van der Waals surface area contributed by atoms with Gasteiger partial charge in [-0.1, -0.05) is 0 Å². The molecule has 1 aromatic rings. The molecule has 0 saturated carbocycles. The van der Waals surface area contributed by atoms with Crippen LogP contribution in [0.3, 0.4) is 0 Å². The van der Waals surface area contributed by atoms with Crippen molar-refractivity contribution in [3.05, 3.63) is 38.4 Å². The molecule has 0 amide bonds. The molecule has 20 heavy (non-hydrogen) atoms. The molecule has 0 saturated heterocycles. The first-order valence-corrected chi connectivity index (χ1v) is 6.43. The summed E-state index contributed by atoms with van der Waals surface area (Å²) in [6.07, 6.45) is 0. The fourth-order valence-corrected chi connectivity index (χ4v) is 1.61. The Hall–Kier alpha value is -1.27. The average molecular weight is 315 g/mol. The molecule has 0 bridgehead atoms. The Kier molecular flexibility index (Phi) is 7.02. The van der Waals surface area contributed by atoms with E-state index in [2.05, 4.69) is 5.32 Å². The normalized spacial score (nSPS) is 10.4. The Balaban J connectivity index is 0.00000361. The fourth-order valence-electron chi connectivity index (χ4n) is 1.25. The second kappa shape index (κ2) is 7.50. The number of non-ortho nitro benzene ring substituents is 1. The first kappa shape index (κ1) is 18.7. The first-order valence-electron chi connectivity index (χ1n) is 4.82. The molecule has 0 aromatic heterocycles. The summed E-state index contributed by atoms with van der Waals surface area (Å²) in [5.41, 5.74) is -1.07. The first-order chi connectivity index (χ1) is 8.70. The van der Waals surface area contributed by atoms with E-state index in [1.54, 1.807) is 0 Å². The molecule has 0 unspecified atom stereocenters. The number of rotatable bonds is 6. The van der Waals surface area contributed by atoms with Gasteiger partial charge in [-0.3, -0.25) is 24.8 Å². The van der Waals surface area contributed by atoms with Crippen molar-refractivity contribution >= 4 is 56.7 Å². The third-order valence-electron chi connectivity index (χ3n) is 2.06. The molecule has 0 spiro atoms. The number of hydrogen-bond acceptors (Lipinski definition) is 7. The van der Waals surface area contributed by atoms with Crippen LogP contribution in [0.1, 0.15) is 0 Å². The summed E-state index contributed by atoms with van der Waals surface area (Å²) in [6, 6.07) is 2.90. The van der Waals surface area contributed by atoms with Crippen LogP contribution < -0.4 is 5.32 Å². The van der Waals surface area contributed by atoms with E-state index in [-0.39, 0.29) is 41.8 Å². The third kappa shape index (κ3) is 5.79. The maximum absolute atomic E-state index is 10.7. The summed E-state index contributed by atoms with van der Waals surface area (Å²) < 4.78 is 29.5. The van der Waals surface area contributed by atoms with Crippen molar-refractivity contribution in [1.29, 1.82) is 0 Å². The topological polar surface area (TPSA) is 153 Å². The fraction of sp³-hybridized carbons (Fsp3) is 0.250. The van der Waals surface area contributed by atoms with Crippen LogP contribution in [0, 0.1) is 20.2 Å². The van der Waals surface area contributed by atoms with Crippen molar-refractivity contribution in [2.75, 3.05) is 17.6 Å². The van der Waals surface area contributed by atoms with Gasteiger partial charge in [-0.25, -0.2) is 0 Å². The summed E-state index contributed by atoms with van der Waals surface area (Å²) in [5.74, 6) is -0.638. The third-order valence-corrected chi connectivity index (χ3v) is 2.78. The van der Waals surface area contributed by atoms with E-state index in [9.17, 15) is 28.6 Å². The van der Waals surface area contributed by atoms with E-state index in [4.69, 9.17) is 4.55 Å². The van der Waals surface area contributed by atoms with Gasteiger partial charge in [0.2, 0.25) is 0 Å². The molecule has 0 heterocycles. The van der Waals surface area contributed by atoms with Gasteiger partial charge in [0.15, 0.2) is 0 Å². The zero-order valence-electron chi connectivity index (χ0n) is 9.35. The average Bonchev–Trinajstić information content (AvgIpc) is 2.27. The van der Waals surface area contributed by atoms with Gasteiger partial charge in [-0.05, 0) is 6.07 Å². The molecule has 106 valence electrons. The quantitative estimate of drug-likeness (QED) is 0.325. The molecule has 0 atom stereocenters. The number of hydrogen-bond donors (Lipinski definition) is 2. The van der Waals surface area contributed by atoms with Crippen LogP contribution in [0.15, 0.2) is 18.2 Å². The predicted octanol–water partition coefficient (Wildman–Crippen LogP) is 0.154. The molecule has 0 aliphatic heterocycles. The van der Waals surface area contributed by atoms with Gasteiger partial charge in [0, 0.05) is 12.6 Å². The monoisotopic (exact) mass is 315 g/mol. The maximum atomic E-state index is 10.7. The van der Waals surface area contributed by atoms with Crippen molar-refractivity contribution < 1.29 is 22.8 Å². The van der Waals surface area contributed by atoms with Gasteiger partial charge < -0.3 is 5.32 Å². The van der Waals surface area contributed by atoms with E-state index in [0.29, 0.717) is 0 Å². The summed E-state index contributed by atoms with van der Waals surface area (Å²) in [5, 5.41) is 23.6. The van der Waals surface area contributed by atoms with Gasteiger partial charge in [0.1, 0.15) is 5.69 Å². The molecule has 1 rings (SSSR count). The number of nitro benzene ring substituents is 2. The Morgan fingerprint density at radius 1 is 1.20 bits per heavy atom. The zero-order valence-corrected chi connectivity index (χ0v) is 10.2. The van der Waals surface area contributed by atoms with E-state index in [1.165, 1.54) is 0 Å². The Morgan fingerprint density at radius 2 is 1.80 bits per heavy atom. The minimum atomic E-state index is -4.19. The molecular weight excluding hydrogens is 305 g/mol. The van der Waals surface area contributed by atoms with Crippen LogP contribution in [0.5, 0.6) is 0 Å². The molecule has 1 aromatic carbocycles. The number of nitrogens with zero attached hydrogens (tertiary/aromatic N) is 2. The van der Waals surface area contributed by atoms with Gasteiger partial charge in [-0.2, -0.15) is 8.42 Å². The summed E-state index contributed by atoms with van der Waals surface area (Å²) >= 11 is 0. The summed E-state index contributed by atoms with van der Waals surface area (Å²) in [4.78, 5) is 19.6. The molecule has 0 aliphatic carbocycles. The van der Waals surface area contributed by atoms with Crippen molar-refractivity contribution in [1.82, 2.24) is 0 Å². The van der Waals surface area contributed by atoms with Crippen molar-refractivity contribution in [2.45, 2.75) is 0 Å². The van der Waals surface area contributed by atoms with Crippen molar-refractivity contribution in [3.8, 4) is 0 Å². The summed E-state index contributed by atoms with van der Waals surface area (Å²) in [7, 11) is -4.19. The summed E-state index contributed by atoms with van der Waals surface area (Å²) in [6.45, 7) is -0.266. The molecule has 0 aliphatic rings. The van der Waals surface area contributed by atoms with E-state index < -0.39 is 37.1 Å². The van der Waals surface area contributed by atoms with Gasteiger partial charge >= 0.3 is 29.6 Å². The Labute approximate surface area is 135 Å². The van der Waals surface area contributed by atoms with E-state index in [0.717, 1.165) is 18.2 Å². The van der Waals surface area contributed by atoms with Gasteiger partial charge in [0.05, 0.1) is 21.7 Å². The van der Waals surface area contributed by atoms with Gasteiger partial charge in [0.25, 0.3) is 21.5 Å². The van der Waals surface area contributed by atoms with E-state index >= 15 is 0 Å². The predicted molar refractivity (Wildman–Crippen MR) is 71.8 cm³/mol. The molecule has 10 nitrogen and oxygen atoms in total. The van der Waals surface area contributed by atoms with Crippen LogP contribution in [0.4, 0.5) is 17.1 Å². The molecule has 2 N–H and O–H groups in total. The van der Waals surface area contributed by atoms with E-state index in [1.807, 2.05) is 0 Å². The molecular formula is C8H10N3NaO7S. The minimum absolute atomic E-state index is 0. The molecule has 12 heteroatoms. The van der Waals surface area contributed by atoms with Crippen LogP contribution >= 0.6 is 0 Å². The van der Waals surface area contributed by atoms with Crippen LogP contribution in [0.2, 0.25) is 0 Å². The van der Waals surface area contributed by atoms with Crippen LogP contribution in [-0.4, -0.2) is 64.7 Å². The zero-order chi connectivity index (χ0) is 14.6. The number of anilines is 1. The molecule has 0 radical (unpaired) electrons. The number of benzene rings is 1. The Bertz CT molecular complexity index is 618. The molecule has 0 fully saturated rings. The van der Waals surface area contributed by atoms with Crippen molar-refractivity contribution in [3.63, 3.8) is 0 Å². The second-order valence-electron chi connectivity index (χ2n) is 3.43. The SMILES string of the molecule is O=[N+]([O-])c1ccc(NCCS(=O)(=O)O)c([N+](=O)[O-])c1.[NaH].